The van der Waals surface area contributed by atoms with Crippen LogP contribution in [0.5, 0.6) is 11.5 Å². The quantitative estimate of drug-likeness (QED) is 0.159. The largest absolute Gasteiger partial charge is 0.455 e. The van der Waals surface area contributed by atoms with E-state index in [4.69, 9.17) is 4.74 Å². The maximum Gasteiger partial charge on any atom is 0.143 e. The normalized spacial score (nSPS) is 12.7. The van der Waals surface area contributed by atoms with Crippen LogP contribution < -0.4 is 9.64 Å². The van der Waals surface area contributed by atoms with Crippen LogP contribution in [-0.4, -0.2) is 0 Å². The highest BCUT2D eigenvalue weighted by Crippen LogP contribution is 2.52. The van der Waals surface area contributed by atoms with E-state index in [0.717, 1.165) is 61.9 Å². The smallest absolute Gasteiger partial charge is 0.143 e. The van der Waals surface area contributed by atoms with Gasteiger partial charge in [0.15, 0.2) is 0 Å². The summed E-state index contributed by atoms with van der Waals surface area (Å²) in [5.41, 5.74) is 22.4. The molecule has 0 aromatic heterocycles. The minimum atomic E-state index is -0.101. The number of fused-ring (bicyclic) bond motifs is 8. The molecule has 0 saturated heterocycles. The molecule has 65 heavy (non-hydrogen) atoms. The first-order valence-corrected chi connectivity index (χ1v) is 22.5. The van der Waals surface area contributed by atoms with E-state index in [1.165, 1.54) is 55.6 Å². The summed E-state index contributed by atoms with van der Waals surface area (Å²) in [6.07, 6.45) is 0. The standard InChI is InChI=1S/C63H45NO/c1-63(2)59-23-12-11-20-55(59)56-38-37-51(41-60(56)63)64(49-33-28-44(29-34-49)42-14-5-3-6-15-42)50-35-30-45(31-36-50)43-24-26-46(27-25-43)48-32-39-61-58(40-48)54-19-10-9-18-53(54)57-22-13-21-52(62(57)65-61)47-16-7-4-8-17-47/h3-41H,1-2H3. The molecule has 12 rings (SSSR count). The van der Waals surface area contributed by atoms with Crippen LogP contribution in [-0.2, 0) is 5.41 Å². The molecule has 2 aliphatic rings. The third kappa shape index (κ3) is 6.65. The minimum absolute atomic E-state index is 0.101. The molecule has 2 heteroatoms. The Bertz CT molecular complexity index is 3390. The molecule has 0 radical (unpaired) electrons. The molecular weight excluding hydrogens is 787 g/mol. The molecule has 1 heterocycles. The number of rotatable bonds is 7. The Kier molecular flexibility index (Phi) is 9.21. The van der Waals surface area contributed by atoms with Crippen LogP contribution in [0.3, 0.4) is 0 Å². The molecule has 0 saturated carbocycles. The van der Waals surface area contributed by atoms with Crippen molar-refractivity contribution in [3.8, 4) is 89.4 Å². The number of ether oxygens (including phenoxy) is 1. The van der Waals surface area contributed by atoms with E-state index < -0.39 is 0 Å². The predicted octanol–water partition coefficient (Wildman–Crippen LogP) is 17.6. The van der Waals surface area contributed by atoms with Crippen molar-refractivity contribution in [1.82, 2.24) is 0 Å². The number of hydrogen-bond acceptors (Lipinski definition) is 2. The van der Waals surface area contributed by atoms with Gasteiger partial charge >= 0.3 is 0 Å². The lowest BCUT2D eigenvalue weighted by molar-refractivity contribution is 0.489. The van der Waals surface area contributed by atoms with Gasteiger partial charge in [-0.25, -0.2) is 0 Å². The zero-order valence-corrected chi connectivity index (χ0v) is 36.4. The fourth-order valence-electron chi connectivity index (χ4n) is 10.1. The van der Waals surface area contributed by atoms with Gasteiger partial charge in [-0.2, -0.15) is 0 Å². The average molecular weight is 832 g/mol. The lowest BCUT2D eigenvalue weighted by atomic mass is 9.82. The fourth-order valence-corrected chi connectivity index (χ4v) is 10.1. The highest BCUT2D eigenvalue weighted by atomic mass is 16.5. The highest BCUT2D eigenvalue weighted by Gasteiger charge is 2.36. The molecule has 0 amide bonds. The molecule has 308 valence electrons. The SMILES string of the molecule is CC1(C)c2ccccc2-c2ccc(N(c3ccc(-c4ccccc4)cc3)c3ccc(-c4ccc(-c5ccc6c(c5)-c5ccccc5-c5cccc(-c7ccccc7)c5O6)cc4)cc3)cc21. The summed E-state index contributed by atoms with van der Waals surface area (Å²) < 4.78 is 6.88. The summed E-state index contributed by atoms with van der Waals surface area (Å²) in [6, 6.07) is 85.6. The molecule has 0 atom stereocenters. The number of para-hydroxylation sites is 1. The second-order valence-corrected chi connectivity index (χ2v) is 17.7. The topological polar surface area (TPSA) is 12.5 Å². The zero-order chi connectivity index (χ0) is 43.5. The van der Waals surface area contributed by atoms with Crippen molar-refractivity contribution in [3.05, 3.63) is 248 Å². The van der Waals surface area contributed by atoms with Crippen LogP contribution in [0.15, 0.2) is 237 Å². The summed E-state index contributed by atoms with van der Waals surface area (Å²) in [6.45, 7) is 4.70. The first-order valence-electron chi connectivity index (χ1n) is 22.5. The van der Waals surface area contributed by atoms with Crippen LogP contribution in [0.25, 0.3) is 77.9 Å². The van der Waals surface area contributed by atoms with Gasteiger partial charge in [0, 0.05) is 39.2 Å². The van der Waals surface area contributed by atoms with Gasteiger partial charge < -0.3 is 9.64 Å². The molecular formula is C63H45NO. The average Bonchev–Trinajstić information content (AvgIpc) is 3.50. The van der Waals surface area contributed by atoms with E-state index in [1.54, 1.807) is 0 Å². The highest BCUT2D eigenvalue weighted by molar-refractivity contribution is 5.95. The number of hydrogen-bond donors (Lipinski definition) is 0. The van der Waals surface area contributed by atoms with Crippen LogP contribution in [0.2, 0.25) is 0 Å². The Morgan fingerprint density at radius 3 is 1.38 bits per heavy atom. The number of nitrogens with zero attached hydrogens (tertiary/aromatic N) is 1. The van der Waals surface area contributed by atoms with Gasteiger partial charge in [-0.05, 0) is 121 Å². The Morgan fingerprint density at radius 2 is 0.738 bits per heavy atom. The molecule has 1 aliphatic carbocycles. The van der Waals surface area contributed by atoms with E-state index in [2.05, 4.69) is 255 Å². The van der Waals surface area contributed by atoms with E-state index in [1.807, 2.05) is 0 Å². The third-order valence-corrected chi connectivity index (χ3v) is 13.5. The minimum Gasteiger partial charge on any atom is -0.455 e. The summed E-state index contributed by atoms with van der Waals surface area (Å²) in [4.78, 5) is 2.39. The second kappa shape index (κ2) is 15.6. The molecule has 0 spiro atoms. The fraction of sp³-hybridized carbons (Fsp3) is 0.0476. The van der Waals surface area contributed by atoms with E-state index in [9.17, 15) is 0 Å². The first-order chi connectivity index (χ1) is 32.0. The van der Waals surface area contributed by atoms with E-state index in [-0.39, 0.29) is 5.41 Å². The van der Waals surface area contributed by atoms with E-state index in [0.29, 0.717) is 0 Å². The van der Waals surface area contributed by atoms with Gasteiger partial charge in [-0.1, -0.05) is 202 Å². The zero-order valence-electron chi connectivity index (χ0n) is 36.4. The lowest BCUT2D eigenvalue weighted by Gasteiger charge is -2.28. The van der Waals surface area contributed by atoms with Crippen molar-refractivity contribution >= 4 is 17.1 Å². The molecule has 1 aliphatic heterocycles. The predicted molar refractivity (Wildman–Crippen MR) is 271 cm³/mol. The molecule has 10 aromatic rings. The Balaban J connectivity index is 0.868. The maximum absolute atomic E-state index is 6.88. The molecule has 0 N–H and O–H groups in total. The van der Waals surface area contributed by atoms with Crippen LogP contribution in [0.4, 0.5) is 17.1 Å². The summed E-state index contributed by atoms with van der Waals surface area (Å²) in [7, 11) is 0. The van der Waals surface area contributed by atoms with Crippen LogP contribution in [0.1, 0.15) is 25.0 Å². The maximum atomic E-state index is 6.88. The van der Waals surface area contributed by atoms with Gasteiger partial charge in [-0.3, -0.25) is 0 Å². The number of benzene rings is 10. The molecule has 0 unspecified atom stereocenters. The molecule has 0 fully saturated rings. The van der Waals surface area contributed by atoms with Crippen molar-refractivity contribution in [3.63, 3.8) is 0 Å². The molecule has 0 bridgehead atoms. The monoisotopic (exact) mass is 831 g/mol. The summed E-state index contributed by atoms with van der Waals surface area (Å²) in [5.74, 6) is 1.74. The van der Waals surface area contributed by atoms with Crippen molar-refractivity contribution in [1.29, 1.82) is 0 Å². The van der Waals surface area contributed by atoms with Gasteiger partial charge in [-0.15, -0.1) is 0 Å². The van der Waals surface area contributed by atoms with E-state index >= 15 is 0 Å². The third-order valence-electron chi connectivity index (χ3n) is 13.5. The van der Waals surface area contributed by atoms with Crippen molar-refractivity contribution in [2.45, 2.75) is 19.3 Å². The van der Waals surface area contributed by atoms with Crippen molar-refractivity contribution in [2.75, 3.05) is 4.90 Å². The van der Waals surface area contributed by atoms with Crippen molar-refractivity contribution in [2.24, 2.45) is 0 Å². The van der Waals surface area contributed by atoms with Gasteiger partial charge in [0.1, 0.15) is 11.5 Å². The first kappa shape index (κ1) is 38.5. The summed E-state index contributed by atoms with van der Waals surface area (Å²) in [5, 5.41) is 0. The summed E-state index contributed by atoms with van der Waals surface area (Å²) >= 11 is 0. The second-order valence-electron chi connectivity index (χ2n) is 17.7. The van der Waals surface area contributed by atoms with Crippen LogP contribution >= 0.6 is 0 Å². The Labute approximate surface area is 381 Å². The van der Waals surface area contributed by atoms with Gasteiger partial charge in [0.25, 0.3) is 0 Å². The molecule has 10 aromatic carbocycles. The number of anilines is 3. The van der Waals surface area contributed by atoms with Crippen molar-refractivity contribution < 1.29 is 4.74 Å². The molecule has 2 nitrogen and oxygen atoms in total. The lowest BCUT2D eigenvalue weighted by Crippen LogP contribution is -2.16. The van der Waals surface area contributed by atoms with Crippen LogP contribution in [0, 0.1) is 0 Å². The Morgan fingerprint density at radius 1 is 0.292 bits per heavy atom. The Hall–Kier alpha value is -8.20. The van der Waals surface area contributed by atoms with Gasteiger partial charge in [0.2, 0.25) is 0 Å². The van der Waals surface area contributed by atoms with Gasteiger partial charge in [0.05, 0.1) is 0 Å².